The zero-order valence-electron chi connectivity index (χ0n) is 22.0. The van der Waals surface area contributed by atoms with Crippen molar-refractivity contribution < 1.29 is 32.2 Å². The molecular formula is C30H30BrF3N2O4. The van der Waals surface area contributed by atoms with Gasteiger partial charge in [0.1, 0.15) is 11.2 Å². The van der Waals surface area contributed by atoms with E-state index in [1.54, 1.807) is 12.1 Å². The molecule has 2 aromatic carbocycles. The summed E-state index contributed by atoms with van der Waals surface area (Å²) in [4.78, 5) is 17.7. The fourth-order valence-electron chi connectivity index (χ4n) is 4.58. The van der Waals surface area contributed by atoms with Crippen molar-refractivity contribution in [2.75, 3.05) is 13.7 Å². The lowest BCUT2D eigenvalue weighted by atomic mass is 9.82. The highest BCUT2D eigenvalue weighted by atomic mass is 79.9. The monoisotopic (exact) mass is 618 g/mol. The maximum atomic E-state index is 13.3. The number of ether oxygens (including phenoxy) is 3. The van der Waals surface area contributed by atoms with Crippen molar-refractivity contribution in [2.24, 2.45) is 5.92 Å². The highest BCUT2D eigenvalue weighted by Crippen LogP contribution is 2.35. The molecule has 10 heteroatoms. The van der Waals surface area contributed by atoms with Crippen LogP contribution in [0.4, 0.5) is 13.2 Å². The smallest absolute Gasteiger partial charge is 0.416 e. The molecule has 1 heterocycles. The van der Waals surface area contributed by atoms with E-state index < -0.39 is 11.7 Å². The Labute approximate surface area is 239 Å². The molecule has 0 bridgehead atoms. The number of hydrogen-bond acceptors (Lipinski definition) is 5. The first-order valence-electron chi connectivity index (χ1n) is 12.8. The van der Waals surface area contributed by atoms with Gasteiger partial charge in [0.05, 0.1) is 25.9 Å². The van der Waals surface area contributed by atoms with Crippen LogP contribution in [0.3, 0.4) is 0 Å². The molecule has 0 saturated heterocycles. The molecule has 1 saturated carbocycles. The van der Waals surface area contributed by atoms with Crippen LogP contribution in [-0.4, -0.2) is 30.6 Å². The number of rotatable bonds is 10. The van der Waals surface area contributed by atoms with Crippen LogP contribution >= 0.6 is 15.9 Å². The first kappa shape index (κ1) is 29.6. The Balaban J connectivity index is 1.33. The quantitative estimate of drug-likeness (QED) is 0.193. The Morgan fingerprint density at radius 2 is 1.82 bits per heavy atom. The minimum atomic E-state index is -4.39. The van der Waals surface area contributed by atoms with Crippen molar-refractivity contribution in [3.8, 4) is 11.5 Å². The van der Waals surface area contributed by atoms with Gasteiger partial charge in [-0.1, -0.05) is 54.6 Å². The van der Waals surface area contributed by atoms with Crippen LogP contribution in [0.15, 0.2) is 77.4 Å². The van der Waals surface area contributed by atoms with Crippen LogP contribution < -0.4 is 14.8 Å². The molecule has 1 aliphatic carbocycles. The average molecular weight is 619 g/mol. The molecule has 1 amide bonds. The number of nitrogens with one attached hydrogen (secondary N) is 1. The molecule has 1 N–H and O–H groups in total. The Morgan fingerprint density at radius 1 is 1.07 bits per heavy atom. The molecule has 212 valence electrons. The van der Waals surface area contributed by atoms with E-state index in [4.69, 9.17) is 14.2 Å². The van der Waals surface area contributed by atoms with E-state index in [0.29, 0.717) is 35.4 Å². The second kappa shape index (κ2) is 13.3. The van der Waals surface area contributed by atoms with Gasteiger partial charge < -0.3 is 19.5 Å². The van der Waals surface area contributed by atoms with Gasteiger partial charge in [0.15, 0.2) is 17.2 Å². The van der Waals surface area contributed by atoms with E-state index in [0.717, 1.165) is 29.7 Å². The number of aromatic nitrogens is 1. The third-order valence-electron chi connectivity index (χ3n) is 6.70. The van der Waals surface area contributed by atoms with Gasteiger partial charge in [-0.15, -0.1) is 0 Å². The maximum absolute atomic E-state index is 13.3. The van der Waals surface area contributed by atoms with E-state index in [-0.39, 0.29) is 42.5 Å². The normalized spacial score (nSPS) is 17.4. The predicted octanol–water partition coefficient (Wildman–Crippen LogP) is 7.12. The topological polar surface area (TPSA) is 69.7 Å². The number of benzene rings is 2. The van der Waals surface area contributed by atoms with E-state index in [1.165, 1.54) is 13.2 Å². The zero-order valence-corrected chi connectivity index (χ0v) is 23.6. The number of alkyl halides is 3. The highest BCUT2D eigenvalue weighted by Gasteiger charge is 2.31. The van der Waals surface area contributed by atoms with Crippen LogP contribution in [0.2, 0.25) is 0 Å². The number of amides is 1. The van der Waals surface area contributed by atoms with Crippen LogP contribution in [0.25, 0.3) is 0 Å². The van der Waals surface area contributed by atoms with E-state index in [2.05, 4.69) is 32.8 Å². The number of methoxy groups -OCH3 is 1. The molecule has 4 rings (SSSR count). The van der Waals surface area contributed by atoms with Gasteiger partial charge in [-0.05, 0) is 58.5 Å². The van der Waals surface area contributed by atoms with Gasteiger partial charge in [-0.3, -0.25) is 4.79 Å². The first-order chi connectivity index (χ1) is 19.1. The first-order valence-corrected chi connectivity index (χ1v) is 13.6. The van der Waals surface area contributed by atoms with E-state index in [1.807, 2.05) is 30.3 Å². The van der Waals surface area contributed by atoms with Gasteiger partial charge in [0, 0.05) is 18.0 Å². The third-order valence-corrected chi connectivity index (χ3v) is 7.10. The Hall–Kier alpha value is -3.37. The van der Waals surface area contributed by atoms with Crippen LogP contribution in [0, 0.1) is 5.92 Å². The van der Waals surface area contributed by atoms with Crippen molar-refractivity contribution in [3.63, 3.8) is 0 Å². The van der Waals surface area contributed by atoms with Crippen molar-refractivity contribution in [2.45, 2.75) is 44.7 Å². The molecule has 40 heavy (non-hydrogen) atoms. The van der Waals surface area contributed by atoms with Crippen LogP contribution in [0.5, 0.6) is 11.5 Å². The Morgan fingerprint density at radius 3 is 2.52 bits per heavy atom. The lowest BCUT2D eigenvalue weighted by Crippen LogP contribution is -2.39. The fourth-order valence-corrected chi connectivity index (χ4v) is 4.97. The largest absolute Gasteiger partial charge is 0.493 e. The van der Waals surface area contributed by atoms with Crippen LogP contribution in [0.1, 0.15) is 46.4 Å². The average Bonchev–Trinajstić information content (AvgIpc) is 2.93. The molecule has 3 aromatic rings. The summed E-state index contributed by atoms with van der Waals surface area (Å²) >= 11 is 3.34. The van der Waals surface area contributed by atoms with Gasteiger partial charge in [0.2, 0.25) is 0 Å². The maximum Gasteiger partial charge on any atom is 0.416 e. The standard InChI is InChI=1S/C30H30BrF3N2O4/c1-19-13-24(12-11-22(19)18-39-16-21-9-6-10-23(14-21)30(32,33)34)35-29(37)27-28(25(38-2)15-26(31)36-27)40-17-20-7-4-3-5-8-20/h3-10,14-15,22,24H,1,11-13,16-18H2,2H3,(H,35,37)/t22-,24?/m1/s1. The van der Waals surface area contributed by atoms with Crippen molar-refractivity contribution in [1.29, 1.82) is 0 Å². The lowest BCUT2D eigenvalue weighted by molar-refractivity contribution is -0.137. The van der Waals surface area contributed by atoms with Crippen molar-refractivity contribution in [3.05, 3.63) is 99.8 Å². The summed E-state index contributed by atoms with van der Waals surface area (Å²) in [5.74, 6) is 0.295. The number of nitrogens with zero attached hydrogens (tertiary/aromatic N) is 1. The molecule has 1 unspecified atom stereocenters. The van der Waals surface area contributed by atoms with Gasteiger partial charge in [-0.25, -0.2) is 4.98 Å². The summed E-state index contributed by atoms with van der Waals surface area (Å²) in [5.41, 5.74) is 1.73. The Kier molecular flexibility index (Phi) is 9.86. The number of hydrogen-bond donors (Lipinski definition) is 1. The number of carbonyl (C=O) groups is 1. The fraction of sp³-hybridized carbons (Fsp3) is 0.333. The van der Waals surface area contributed by atoms with Gasteiger partial charge in [-0.2, -0.15) is 13.2 Å². The molecule has 0 aliphatic heterocycles. The number of halogens is 4. The summed E-state index contributed by atoms with van der Waals surface area (Å²) in [7, 11) is 1.50. The van der Waals surface area contributed by atoms with E-state index >= 15 is 0 Å². The third kappa shape index (κ3) is 7.85. The molecule has 6 nitrogen and oxygen atoms in total. The second-order valence-electron chi connectivity index (χ2n) is 9.62. The molecular weight excluding hydrogens is 589 g/mol. The van der Waals surface area contributed by atoms with Crippen LogP contribution in [-0.2, 0) is 24.1 Å². The minimum absolute atomic E-state index is 0.0489. The van der Waals surface area contributed by atoms with Gasteiger partial charge >= 0.3 is 6.18 Å². The highest BCUT2D eigenvalue weighted by molar-refractivity contribution is 9.10. The van der Waals surface area contributed by atoms with Crippen molar-refractivity contribution >= 4 is 21.8 Å². The SMILES string of the molecule is C=C1CC(NC(=O)c2nc(Br)cc(OC)c2OCc2ccccc2)CC[C@@H]1COCc1cccc(C(F)(F)F)c1. The summed E-state index contributed by atoms with van der Waals surface area (Å²) < 4.78 is 56.5. The summed E-state index contributed by atoms with van der Waals surface area (Å²) in [6, 6.07) is 16.2. The Bertz CT molecular complexity index is 1330. The zero-order chi connectivity index (χ0) is 28.7. The lowest BCUT2D eigenvalue weighted by Gasteiger charge is -2.31. The summed E-state index contributed by atoms with van der Waals surface area (Å²) in [6.07, 6.45) is -2.43. The molecule has 1 aliphatic rings. The summed E-state index contributed by atoms with van der Waals surface area (Å²) in [5, 5.41) is 3.04. The number of pyridine rings is 1. The summed E-state index contributed by atoms with van der Waals surface area (Å²) in [6.45, 7) is 4.84. The van der Waals surface area contributed by atoms with Gasteiger partial charge in [0.25, 0.3) is 5.91 Å². The van der Waals surface area contributed by atoms with Crippen molar-refractivity contribution in [1.82, 2.24) is 10.3 Å². The molecule has 1 aromatic heterocycles. The number of carbonyl (C=O) groups excluding carboxylic acids is 1. The molecule has 0 spiro atoms. The predicted molar refractivity (Wildman–Crippen MR) is 148 cm³/mol. The second-order valence-corrected chi connectivity index (χ2v) is 10.4. The molecule has 1 fully saturated rings. The molecule has 2 atom stereocenters. The molecule has 0 radical (unpaired) electrons. The minimum Gasteiger partial charge on any atom is -0.493 e. The van der Waals surface area contributed by atoms with E-state index in [9.17, 15) is 18.0 Å².